The molecule has 0 spiro atoms. The molecule has 0 amide bonds. The van der Waals surface area contributed by atoms with Crippen molar-refractivity contribution in [1.29, 1.82) is 0 Å². The average Bonchev–Trinajstić information content (AvgIpc) is 2.14. The summed E-state index contributed by atoms with van der Waals surface area (Å²) in [6.07, 6.45) is 7.61. The third kappa shape index (κ3) is 4.07. The average molecular weight is 171 g/mol. The highest BCUT2D eigenvalue weighted by Crippen LogP contribution is 2.18. The van der Waals surface area contributed by atoms with Gasteiger partial charge in [-0.15, -0.1) is 0 Å². The van der Waals surface area contributed by atoms with Gasteiger partial charge in [-0.2, -0.15) is 0 Å². The van der Waals surface area contributed by atoms with Crippen molar-refractivity contribution in [3.8, 4) is 0 Å². The summed E-state index contributed by atoms with van der Waals surface area (Å²) in [5.74, 6) is 0.963. The Labute approximate surface area is 75.4 Å². The van der Waals surface area contributed by atoms with E-state index in [0.29, 0.717) is 6.61 Å². The molecule has 2 N–H and O–H groups in total. The third-order valence-corrected chi connectivity index (χ3v) is 2.73. The fourth-order valence-electron chi connectivity index (χ4n) is 1.89. The minimum Gasteiger partial charge on any atom is -0.396 e. The van der Waals surface area contributed by atoms with Crippen LogP contribution >= 0.6 is 0 Å². The van der Waals surface area contributed by atoms with Gasteiger partial charge >= 0.3 is 0 Å². The Balaban J connectivity index is 1.91. The summed E-state index contributed by atoms with van der Waals surface area (Å²) in [5, 5.41) is 12.0. The van der Waals surface area contributed by atoms with Crippen molar-refractivity contribution < 1.29 is 5.11 Å². The number of aliphatic hydroxyl groups is 1. The van der Waals surface area contributed by atoms with Crippen LogP contribution in [-0.2, 0) is 0 Å². The number of hydrogen-bond donors (Lipinski definition) is 2. The van der Waals surface area contributed by atoms with Crippen molar-refractivity contribution >= 4 is 0 Å². The number of piperidine rings is 1. The quantitative estimate of drug-likeness (QED) is 0.615. The van der Waals surface area contributed by atoms with Gasteiger partial charge in [0.05, 0.1) is 0 Å². The highest BCUT2D eigenvalue weighted by Gasteiger charge is 2.11. The molecule has 0 bridgehead atoms. The van der Waals surface area contributed by atoms with Crippen LogP contribution in [0.25, 0.3) is 0 Å². The Bertz CT molecular complexity index is 100. The molecule has 0 atom stereocenters. The lowest BCUT2D eigenvalue weighted by Gasteiger charge is -2.22. The molecule has 0 unspecified atom stereocenters. The van der Waals surface area contributed by atoms with Crippen molar-refractivity contribution in [2.75, 3.05) is 19.7 Å². The molecule has 2 nitrogen and oxygen atoms in total. The monoisotopic (exact) mass is 171 g/mol. The van der Waals surface area contributed by atoms with Crippen molar-refractivity contribution in [3.05, 3.63) is 0 Å². The van der Waals surface area contributed by atoms with E-state index >= 15 is 0 Å². The normalized spacial score (nSPS) is 19.8. The Morgan fingerprint density at radius 3 is 2.50 bits per heavy atom. The molecule has 1 aliphatic heterocycles. The van der Waals surface area contributed by atoms with Crippen LogP contribution in [0.5, 0.6) is 0 Å². The number of nitrogens with one attached hydrogen (secondary N) is 1. The van der Waals surface area contributed by atoms with Gasteiger partial charge in [-0.05, 0) is 38.3 Å². The molecule has 12 heavy (non-hydrogen) atoms. The first-order valence-corrected chi connectivity index (χ1v) is 5.25. The van der Waals surface area contributed by atoms with E-state index in [1.165, 1.54) is 45.2 Å². The van der Waals surface area contributed by atoms with E-state index in [2.05, 4.69) is 5.32 Å². The van der Waals surface area contributed by atoms with Crippen molar-refractivity contribution in [2.45, 2.75) is 38.5 Å². The van der Waals surface area contributed by atoms with Crippen LogP contribution in [0, 0.1) is 5.92 Å². The number of unbranched alkanes of at least 4 members (excludes halogenated alkanes) is 2. The summed E-state index contributed by atoms with van der Waals surface area (Å²) in [7, 11) is 0. The van der Waals surface area contributed by atoms with Crippen LogP contribution < -0.4 is 5.32 Å². The second-order valence-corrected chi connectivity index (χ2v) is 3.77. The second kappa shape index (κ2) is 6.44. The van der Waals surface area contributed by atoms with Gasteiger partial charge in [0.2, 0.25) is 0 Å². The van der Waals surface area contributed by atoms with Crippen molar-refractivity contribution in [1.82, 2.24) is 5.32 Å². The topological polar surface area (TPSA) is 32.3 Å². The minimum absolute atomic E-state index is 0.367. The molecule has 0 aromatic heterocycles. The molecular formula is C10H21NO. The van der Waals surface area contributed by atoms with Crippen LogP contribution in [0.1, 0.15) is 38.5 Å². The summed E-state index contributed by atoms with van der Waals surface area (Å²) >= 11 is 0. The van der Waals surface area contributed by atoms with E-state index in [9.17, 15) is 0 Å². The first-order valence-electron chi connectivity index (χ1n) is 5.25. The van der Waals surface area contributed by atoms with E-state index in [0.717, 1.165) is 12.3 Å². The van der Waals surface area contributed by atoms with Crippen LogP contribution in [0.2, 0.25) is 0 Å². The van der Waals surface area contributed by atoms with Crippen LogP contribution in [-0.4, -0.2) is 24.8 Å². The maximum Gasteiger partial charge on any atom is 0.0431 e. The maximum atomic E-state index is 8.59. The fourth-order valence-corrected chi connectivity index (χ4v) is 1.89. The first kappa shape index (κ1) is 10.0. The number of aliphatic hydroxyl groups excluding tert-OH is 1. The maximum absolute atomic E-state index is 8.59. The lowest BCUT2D eigenvalue weighted by Crippen LogP contribution is -2.27. The lowest BCUT2D eigenvalue weighted by atomic mass is 9.92. The summed E-state index contributed by atoms with van der Waals surface area (Å²) in [6.45, 7) is 2.79. The Morgan fingerprint density at radius 1 is 1.08 bits per heavy atom. The predicted octanol–water partition coefficient (Wildman–Crippen LogP) is 1.54. The highest BCUT2D eigenvalue weighted by molar-refractivity contribution is 4.68. The molecule has 0 aromatic carbocycles. The van der Waals surface area contributed by atoms with Gasteiger partial charge in [0.15, 0.2) is 0 Å². The van der Waals surface area contributed by atoms with Gasteiger partial charge in [0.1, 0.15) is 0 Å². The van der Waals surface area contributed by atoms with E-state index in [4.69, 9.17) is 5.11 Å². The molecule has 1 aliphatic rings. The molecule has 1 saturated heterocycles. The van der Waals surface area contributed by atoms with Gasteiger partial charge in [0, 0.05) is 6.61 Å². The van der Waals surface area contributed by atoms with Crippen molar-refractivity contribution in [3.63, 3.8) is 0 Å². The highest BCUT2D eigenvalue weighted by atomic mass is 16.2. The SMILES string of the molecule is OCCCCCC1CCNCC1. The molecule has 0 aromatic rings. The molecule has 0 radical (unpaired) electrons. The van der Waals surface area contributed by atoms with Crippen LogP contribution in [0.4, 0.5) is 0 Å². The summed E-state index contributed by atoms with van der Waals surface area (Å²) in [5.41, 5.74) is 0. The van der Waals surface area contributed by atoms with Gasteiger partial charge < -0.3 is 10.4 Å². The molecule has 0 aliphatic carbocycles. The van der Waals surface area contributed by atoms with E-state index in [1.54, 1.807) is 0 Å². The zero-order valence-corrected chi connectivity index (χ0v) is 7.89. The molecule has 1 rings (SSSR count). The third-order valence-electron chi connectivity index (χ3n) is 2.73. The molecule has 1 fully saturated rings. The van der Waals surface area contributed by atoms with Gasteiger partial charge in [0.25, 0.3) is 0 Å². The van der Waals surface area contributed by atoms with E-state index in [-0.39, 0.29) is 0 Å². The lowest BCUT2D eigenvalue weighted by molar-refractivity contribution is 0.276. The second-order valence-electron chi connectivity index (χ2n) is 3.77. The van der Waals surface area contributed by atoms with Gasteiger partial charge in [-0.25, -0.2) is 0 Å². The molecule has 2 heteroatoms. The van der Waals surface area contributed by atoms with Crippen LogP contribution in [0.3, 0.4) is 0 Å². The fraction of sp³-hybridized carbons (Fsp3) is 1.00. The Kier molecular flexibility index (Phi) is 5.37. The minimum atomic E-state index is 0.367. The Hall–Kier alpha value is -0.0800. The standard InChI is InChI=1S/C10H21NO/c12-9-3-1-2-4-10-5-7-11-8-6-10/h10-12H,1-9H2. The predicted molar refractivity (Wildman–Crippen MR) is 51.1 cm³/mol. The van der Waals surface area contributed by atoms with Gasteiger partial charge in [-0.1, -0.05) is 19.3 Å². The van der Waals surface area contributed by atoms with Gasteiger partial charge in [-0.3, -0.25) is 0 Å². The molecule has 1 heterocycles. The first-order chi connectivity index (χ1) is 5.93. The van der Waals surface area contributed by atoms with E-state index < -0.39 is 0 Å². The Morgan fingerprint density at radius 2 is 1.83 bits per heavy atom. The number of rotatable bonds is 5. The van der Waals surface area contributed by atoms with E-state index in [1.807, 2.05) is 0 Å². The molecule has 72 valence electrons. The number of hydrogen-bond acceptors (Lipinski definition) is 2. The zero-order chi connectivity index (χ0) is 8.65. The summed E-state index contributed by atoms with van der Waals surface area (Å²) < 4.78 is 0. The zero-order valence-electron chi connectivity index (χ0n) is 7.89. The van der Waals surface area contributed by atoms with Crippen LogP contribution in [0.15, 0.2) is 0 Å². The summed E-state index contributed by atoms with van der Waals surface area (Å²) in [6, 6.07) is 0. The smallest absolute Gasteiger partial charge is 0.0431 e. The molecule has 0 saturated carbocycles. The van der Waals surface area contributed by atoms with Crippen molar-refractivity contribution in [2.24, 2.45) is 5.92 Å². The summed E-state index contributed by atoms with van der Waals surface area (Å²) in [4.78, 5) is 0. The largest absolute Gasteiger partial charge is 0.396 e. The molecular weight excluding hydrogens is 150 g/mol.